The minimum atomic E-state index is 0.632. The van der Waals surface area contributed by atoms with Crippen LogP contribution in [0.2, 0.25) is 0 Å². The summed E-state index contributed by atoms with van der Waals surface area (Å²) < 4.78 is 4.04. The molecule has 2 aromatic heterocycles. The van der Waals surface area contributed by atoms with Crippen molar-refractivity contribution in [2.45, 2.75) is 81.3 Å². The number of hydrogen-bond donors (Lipinski definition) is 0. The Morgan fingerprint density at radius 1 is 0.615 bits per heavy atom. The number of rotatable bonds is 8. The van der Waals surface area contributed by atoms with Crippen molar-refractivity contribution in [1.29, 1.82) is 0 Å². The van der Waals surface area contributed by atoms with Crippen molar-refractivity contribution < 1.29 is 0 Å². The summed E-state index contributed by atoms with van der Waals surface area (Å²) in [6.45, 7) is 19.6. The van der Waals surface area contributed by atoms with Crippen LogP contribution >= 0.6 is 0 Å². The second-order valence-electron chi connectivity index (χ2n) is 8.80. The molecule has 0 N–H and O–H groups in total. The third-order valence-electron chi connectivity index (χ3n) is 3.71. The SMILES string of the molecule is CC(C)Cc1cnnn1CC(C)C.CC(C)Cc1cnnn1CC(C)C. The summed E-state index contributed by atoms with van der Waals surface area (Å²) in [5.41, 5.74) is 2.51. The van der Waals surface area contributed by atoms with Gasteiger partial charge in [-0.05, 0) is 36.5 Å². The highest BCUT2D eigenvalue weighted by atomic mass is 15.4. The smallest absolute Gasteiger partial charge is 0.0725 e. The van der Waals surface area contributed by atoms with E-state index in [0.29, 0.717) is 23.7 Å². The molecule has 0 unspecified atom stereocenters. The molecule has 0 saturated heterocycles. The predicted octanol–water partition coefficient (Wildman–Crippen LogP) is 4.27. The summed E-state index contributed by atoms with van der Waals surface area (Å²) in [7, 11) is 0. The minimum absolute atomic E-state index is 0.632. The van der Waals surface area contributed by atoms with Gasteiger partial charge in [0.1, 0.15) is 0 Å². The van der Waals surface area contributed by atoms with Crippen molar-refractivity contribution in [2.24, 2.45) is 23.7 Å². The molecule has 0 bridgehead atoms. The molecule has 2 aromatic rings. The van der Waals surface area contributed by atoms with Crippen LogP contribution in [0.1, 0.15) is 66.8 Å². The summed E-state index contributed by atoms with van der Waals surface area (Å²) in [5.74, 6) is 2.61. The molecule has 2 heterocycles. The quantitative estimate of drug-likeness (QED) is 0.704. The van der Waals surface area contributed by atoms with Gasteiger partial charge in [0.05, 0.1) is 23.8 Å². The van der Waals surface area contributed by atoms with E-state index >= 15 is 0 Å². The molecule has 0 amide bonds. The van der Waals surface area contributed by atoms with Crippen LogP contribution in [0, 0.1) is 23.7 Å². The molecule has 0 fully saturated rings. The van der Waals surface area contributed by atoms with E-state index in [-0.39, 0.29) is 0 Å². The first kappa shape index (κ1) is 22.3. The van der Waals surface area contributed by atoms with Gasteiger partial charge in [-0.1, -0.05) is 65.8 Å². The van der Waals surface area contributed by atoms with Crippen molar-refractivity contribution in [3.8, 4) is 0 Å². The molecule has 0 spiro atoms. The van der Waals surface area contributed by atoms with Crippen molar-refractivity contribution in [1.82, 2.24) is 30.0 Å². The lowest BCUT2D eigenvalue weighted by Crippen LogP contribution is -2.11. The fourth-order valence-corrected chi connectivity index (χ4v) is 2.71. The van der Waals surface area contributed by atoms with Gasteiger partial charge in [-0.3, -0.25) is 0 Å². The Labute approximate surface area is 159 Å². The molecule has 0 atom stereocenters. The molecule has 6 heteroatoms. The zero-order chi connectivity index (χ0) is 19.7. The van der Waals surface area contributed by atoms with Crippen molar-refractivity contribution in [3.05, 3.63) is 23.8 Å². The fraction of sp³-hybridized carbons (Fsp3) is 0.800. The summed E-state index contributed by atoms with van der Waals surface area (Å²) >= 11 is 0. The largest absolute Gasteiger partial charge is 0.249 e. The molecule has 26 heavy (non-hydrogen) atoms. The Morgan fingerprint density at radius 2 is 0.962 bits per heavy atom. The Bertz CT molecular complexity index is 506. The number of aromatic nitrogens is 6. The van der Waals surface area contributed by atoms with E-state index in [1.54, 1.807) is 0 Å². The molecule has 0 radical (unpaired) electrons. The highest BCUT2D eigenvalue weighted by molar-refractivity contribution is 4.95. The second-order valence-corrected chi connectivity index (χ2v) is 8.80. The maximum atomic E-state index is 4.08. The van der Waals surface area contributed by atoms with Gasteiger partial charge in [0.15, 0.2) is 0 Å². The normalized spacial score (nSPS) is 11.5. The third-order valence-corrected chi connectivity index (χ3v) is 3.71. The molecule has 0 aliphatic rings. The molecule has 6 nitrogen and oxygen atoms in total. The maximum absolute atomic E-state index is 4.08. The van der Waals surface area contributed by atoms with E-state index in [2.05, 4.69) is 76.0 Å². The second kappa shape index (κ2) is 11.1. The molecular formula is C20H38N6. The number of nitrogens with zero attached hydrogens (tertiary/aromatic N) is 6. The first-order valence-corrected chi connectivity index (χ1v) is 9.93. The lowest BCUT2D eigenvalue weighted by atomic mass is 10.1. The van der Waals surface area contributed by atoms with Gasteiger partial charge in [-0.15, -0.1) is 10.2 Å². The highest BCUT2D eigenvalue weighted by Crippen LogP contribution is 2.09. The lowest BCUT2D eigenvalue weighted by Gasteiger charge is -2.09. The van der Waals surface area contributed by atoms with Gasteiger partial charge in [0.2, 0.25) is 0 Å². The summed E-state index contributed by atoms with van der Waals surface area (Å²) in [6.07, 6.45) is 5.89. The van der Waals surface area contributed by atoms with E-state index in [0.717, 1.165) is 25.9 Å². The standard InChI is InChI=1S/2C10H19N3/c2*1-8(2)5-10-6-11-12-13(10)7-9(3)4/h2*6,8-9H,5,7H2,1-4H3. The van der Waals surface area contributed by atoms with Gasteiger partial charge < -0.3 is 0 Å². The van der Waals surface area contributed by atoms with Crippen LogP contribution in [0.25, 0.3) is 0 Å². The van der Waals surface area contributed by atoms with Gasteiger partial charge in [-0.25, -0.2) is 9.36 Å². The predicted molar refractivity (Wildman–Crippen MR) is 107 cm³/mol. The van der Waals surface area contributed by atoms with E-state index in [9.17, 15) is 0 Å². The van der Waals surface area contributed by atoms with E-state index < -0.39 is 0 Å². The first-order chi connectivity index (χ1) is 12.2. The molecular weight excluding hydrogens is 324 g/mol. The van der Waals surface area contributed by atoms with Crippen LogP contribution in [0.3, 0.4) is 0 Å². The minimum Gasteiger partial charge on any atom is -0.249 e. The monoisotopic (exact) mass is 362 g/mol. The van der Waals surface area contributed by atoms with Crippen LogP contribution in [0.15, 0.2) is 12.4 Å². The Hall–Kier alpha value is -1.72. The van der Waals surface area contributed by atoms with Crippen LogP contribution in [0.5, 0.6) is 0 Å². The molecule has 0 saturated carbocycles. The van der Waals surface area contributed by atoms with Crippen LogP contribution in [-0.2, 0) is 25.9 Å². The summed E-state index contributed by atoms with van der Waals surface area (Å²) in [5, 5.41) is 16.0. The summed E-state index contributed by atoms with van der Waals surface area (Å²) in [6, 6.07) is 0. The van der Waals surface area contributed by atoms with E-state index in [1.807, 2.05) is 21.8 Å². The number of hydrogen-bond acceptors (Lipinski definition) is 4. The molecule has 148 valence electrons. The fourth-order valence-electron chi connectivity index (χ4n) is 2.71. The average molecular weight is 363 g/mol. The van der Waals surface area contributed by atoms with Gasteiger partial charge in [-0.2, -0.15) is 0 Å². The highest BCUT2D eigenvalue weighted by Gasteiger charge is 2.07. The van der Waals surface area contributed by atoms with Crippen LogP contribution in [0.4, 0.5) is 0 Å². The topological polar surface area (TPSA) is 61.4 Å². The Kier molecular flexibility index (Phi) is 9.52. The molecule has 2 rings (SSSR count). The zero-order valence-corrected chi connectivity index (χ0v) is 18.0. The van der Waals surface area contributed by atoms with Crippen LogP contribution < -0.4 is 0 Å². The lowest BCUT2D eigenvalue weighted by molar-refractivity contribution is 0.449. The van der Waals surface area contributed by atoms with Gasteiger partial charge in [0.25, 0.3) is 0 Å². The first-order valence-electron chi connectivity index (χ1n) is 9.93. The van der Waals surface area contributed by atoms with Crippen molar-refractivity contribution in [2.75, 3.05) is 0 Å². The Morgan fingerprint density at radius 3 is 1.23 bits per heavy atom. The van der Waals surface area contributed by atoms with E-state index in [4.69, 9.17) is 0 Å². The van der Waals surface area contributed by atoms with E-state index in [1.165, 1.54) is 11.4 Å². The van der Waals surface area contributed by atoms with Gasteiger partial charge >= 0.3 is 0 Å². The van der Waals surface area contributed by atoms with Crippen molar-refractivity contribution in [3.63, 3.8) is 0 Å². The van der Waals surface area contributed by atoms with Gasteiger partial charge in [0, 0.05) is 13.1 Å². The Balaban J connectivity index is 0.000000260. The molecule has 0 aromatic carbocycles. The van der Waals surface area contributed by atoms with Crippen LogP contribution in [-0.4, -0.2) is 30.0 Å². The molecule has 0 aliphatic carbocycles. The average Bonchev–Trinajstić information content (AvgIpc) is 3.08. The van der Waals surface area contributed by atoms with Crippen molar-refractivity contribution >= 4 is 0 Å². The third kappa shape index (κ3) is 8.59. The summed E-state index contributed by atoms with van der Waals surface area (Å²) in [4.78, 5) is 0. The maximum Gasteiger partial charge on any atom is 0.0725 e. The zero-order valence-electron chi connectivity index (χ0n) is 18.0. The molecule has 0 aliphatic heterocycles.